The zero-order valence-corrected chi connectivity index (χ0v) is 16.8. The summed E-state index contributed by atoms with van der Waals surface area (Å²) in [5.74, 6) is 3.73. The summed E-state index contributed by atoms with van der Waals surface area (Å²) in [5, 5.41) is 15.0. The van der Waals surface area contributed by atoms with Crippen molar-refractivity contribution in [3.8, 4) is 5.75 Å². The number of nitrogens with zero attached hydrogens (tertiary/aromatic N) is 4. The van der Waals surface area contributed by atoms with Gasteiger partial charge in [-0.3, -0.25) is 4.99 Å². The molecule has 0 amide bonds. The smallest absolute Gasteiger partial charge is 0.191 e. The van der Waals surface area contributed by atoms with E-state index in [1.54, 1.807) is 7.05 Å². The van der Waals surface area contributed by atoms with Crippen LogP contribution >= 0.6 is 24.0 Å². The van der Waals surface area contributed by atoms with Crippen molar-refractivity contribution in [2.24, 2.45) is 4.99 Å². The average Bonchev–Trinajstić information content (AvgIpc) is 3.22. The van der Waals surface area contributed by atoms with Gasteiger partial charge in [-0.25, -0.2) is 0 Å². The third kappa shape index (κ3) is 5.58. The number of ether oxygens (including phenoxy) is 1. The highest BCUT2D eigenvalue weighted by Crippen LogP contribution is 2.13. The van der Waals surface area contributed by atoms with Crippen LogP contribution < -0.4 is 15.4 Å². The van der Waals surface area contributed by atoms with Crippen molar-refractivity contribution >= 4 is 29.9 Å². The minimum atomic E-state index is 0. The molecule has 0 unspecified atom stereocenters. The van der Waals surface area contributed by atoms with Gasteiger partial charge in [-0.05, 0) is 25.0 Å². The predicted octanol–water partition coefficient (Wildman–Crippen LogP) is 1.98. The molecule has 1 aliphatic rings. The molecule has 136 valence electrons. The summed E-state index contributed by atoms with van der Waals surface area (Å²) >= 11 is 0. The van der Waals surface area contributed by atoms with Crippen LogP contribution in [0.25, 0.3) is 0 Å². The second-order valence-corrected chi connectivity index (χ2v) is 5.66. The second kappa shape index (κ2) is 10.2. The summed E-state index contributed by atoms with van der Waals surface area (Å²) in [5.41, 5.74) is 0. The van der Waals surface area contributed by atoms with E-state index in [1.807, 2.05) is 30.3 Å². The number of halogens is 1. The molecule has 0 atom stereocenters. The highest BCUT2D eigenvalue weighted by atomic mass is 127. The SMILES string of the molecule is CN=C(NCCCOc1ccccc1)NCc1nnc2n1CCC2.I. The second-order valence-electron chi connectivity index (χ2n) is 5.66. The fraction of sp³-hybridized carbons (Fsp3) is 0.471. The van der Waals surface area contributed by atoms with Crippen LogP contribution in [0.4, 0.5) is 0 Å². The van der Waals surface area contributed by atoms with Gasteiger partial charge in [-0.2, -0.15) is 0 Å². The standard InChI is InChI=1S/C17H24N6O.HI/c1-18-17(19-10-6-12-24-14-7-3-2-4-8-14)20-13-16-22-21-15-9-5-11-23(15)16;/h2-4,7-8H,5-6,9-13H2,1H3,(H2,18,19,20);1H. The van der Waals surface area contributed by atoms with Gasteiger partial charge in [0.05, 0.1) is 13.2 Å². The molecular formula is C17H25IN6O. The molecule has 2 N–H and O–H groups in total. The number of rotatable bonds is 7. The number of aliphatic imine (C=N–C) groups is 1. The molecule has 25 heavy (non-hydrogen) atoms. The highest BCUT2D eigenvalue weighted by Gasteiger charge is 2.16. The van der Waals surface area contributed by atoms with Crippen LogP contribution in [0.3, 0.4) is 0 Å². The zero-order chi connectivity index (χ0) is 16.6. The van der Waals surface area contributed by atoms with Gasteiger partial charge in [0.1, 0.15) is 11.6 Å². The van der Waals surface area contributed by atoms with E-state index >= 15 is 0 Å². The molecule has 8 heteroatoms. The minimum absolute atomic E-state index is 0. The summed E-state index contributed by atoms with van der Waals surface area (Å²) in [7, 11) is 1.77. The Morgan fingerprint density at radius 2 is 2.08 bits per heavy atom. The van der Waals surface area contributed by atoms with Gasteiger partial charge in [0, 0.05) is 26.6 Å². The Balaban J connectivity index is 0.00000225. The van der Waals surface area contributed by atoms with E-state index in [0.717, 1.165) is 55.7 Å². The Morgan fingerprint density at radius 3 is 2.88 bits per heavy atom. The molecule has 0 saturated heterocycles. The van der Waals surface area contributed by atoms with E-state index in [2.05, 4.69) is 30.4 Å². The van der Waals surface area contributed by atoms with E-state index in [0.29, 0.717) is 13.2 Å². The van der Waals surface area contributed by atoms with Crippen LogP contribution in [0.2, 0.25) is 0 Å². The largest absolute Gasteiger partial charge is 0.494 e. The first-order valence-electron chi connectivity index (χ1n) is 8.40. The van der Waals surface area contributed by atoms with Crippen molar-refractivity contribution in [2.75, 3.05) is 20.2 Å². The third-order valence-corrected chi connectivity index (χ3v) is 3.95. The highest BCUT2D eigenvalue weighted by molar-refractivity contribution is 14.0. The van der Waals surface area contributed by atoms with Crippen molar-refractivity contribution in [1.29, 1.82) is 0 Å². The van der Waals surface area contributed by atoms with Gasteiger partial charge in [-0.15, -0.1) is 34.2 Å². The van der Waals surface area contributed by atoms with Gasteiger partial charge in [0.25, 0.3) is 0 Å². The lowest BCUT2D eigenvalue weighted by Gasteiger charge is -2.12. The maximum atomic E-state index is 5.67. The number of hydrogen-bond donors (Lipinski definition) is 2. The zero-order valence-electron chi connectivity index (χ0n) is 14.4. The van der Waals surface area contributed by atoms with E-state index in [9.17, 15) is 0 Å². The van der Waals surface area contributed by atoms with Gasteiger partial charge in [0.15, 0.2) is 11.8 Å². The number of aromatic nitrogens is 3. The lowest BCUT2D eigenvalue weighted by atomic mass is 10.3. The molecule has 3 rings (SSSR count). The summed E-state index contributed by atoms with van der Waals surface area (Å²) in [6.07, 6.45) is 3.09. The van der Waals surface area contributed by atoms with Crippen LogP contribution in [0.15, 0.2) is 35.3 Å². The molecule has 0 fully saturated rings. The third-order valence-electron chi connectivity index (χ3n) is 3.95. The Bertz CT molecular complexity index is 673. The maximum Gasteiger partial charge on any atom is 0.191 e. The molecular weight excluding hydrogens is 431 g/mol. The van der Waals surface area contributed by atoms with E-state index < -0.39 is 0 Å². The molecule has 2 heterocycles. The maximum absolute atomic E-state index is 5.67. The van der Waals surface area contributed by atoms with E-state index in [-0.39, 0.29) is 24.0 Å². The van der Waals surface area contributed by atoms with Crippen molar-refractivity contribution < 1.29 is 4.74 Å². The monoisotopic (exact) mass is 456 g/mol. The normalized spacial score (nSPS) is 13.1. The van der Waals surface area contributed by atoms with Crippen LogP contribution in [0.5, 0.6) is 5.75 Å². The fourth-order valence-electron chi connectivity index (χ4n) is 2.71. The molecule has 2 aromatic rings. The first-order chi connectivity index (χ1) is 11.9. The predicted molar refractivity (Wildman–Crippen MR) is 109 cm³/mol. The van der Waals surface area contributed by atoms with Crippen molar-refractivity contribution in [2.45, 2.75) is 32.4 Å². The topological polar surface area (TPSA) is 76.4 Å². The number of nitrogens with one attached hydrogen (secondary N) is 2. The van der Waals surface area contributed by atoms with Crippen molar-refractivity contribution in [1.82, 2.24) is 25.4 Å². The first-order valence-corrected chi connectivity index (χ1v) is 8.40. The Labute approximate surface area is 165 Å². The van der Waals surface area contributed by atoms with E-state index in [1.165, 1.54) is 0 Å². The Hall–Kier alpha value is -1.84. The van der Waals surface area contributed by atoms with Gasteiger partial charge in [0.2, 0.25) is 0 Å². The van der Waals surface area contributed by atoms with Crippen LogP contribution in [0, 0.1) is 0 Å². The summed E-state index contributed by atoms with van der Waals surface area (Å²) < 4.78 is 7.86. The van der Waals surface area contributed by atoms with Crippen molar-refractivity contribution in [3.05, 3.63) is 42.0 Å². The van der Waals surface area contributed by atoms with Gasteiger partial charge < -0.3 is 19.9 Å². The lowest BCUT2D eigenvalue weighted by molar-refractivity contribution is 0.311. The minimum Gasteiger partial charge on any atom is -0.494 e. The number of fused-ring (bicyclic) bond motifs is 1. The average molecular weight is 456 g/mol. The van der Waals surface area contributed by atoms with Crippen LogP contribution in [-0.2, 0) is 19.5 Å². The van der Waals surface area contributed by atoms with Gasteiger partial charge >= 0.3 is 0 Å². The molecule has 0 saturated carbocycles. The van der Waals surface area contributed by atoms with Gasteiger partial charge in [-0.1, -0.05) is 18.2 Å². The summed E-state index contributed by atoms with van der Waals surface area (Å²) in [6, 6.07) is 9.85. The molecule has 7 nitrogen and oxygen atoms in total. The first kappa shape index (κ1) is 19.5. The lowest BCUT2D eigenvalue weighted by Crippen LogP contribution is -2.38. The Morgan fingerprint density at radius 1 is 1.24 bits per heavy atom. The van der Waals surface area contributed by atoms with Crippen molar-refractivity contribution in [3.63, 3.8) is 0 Å². The molecule has 0 aliphatic carbocycles. The number of para-hydroxylation sites is 1. The number of hydrogen-bond acceptors (Lipinski definition) is 4. The number of benzene rings is 1. The van der Waals surface area contributed by atoms with Crippen LogP contribution in [0.1, 0.15) is 24.5 Å². The molecule has 0 spiro atoms. The summed E-state index contributed by atoms with van der Waals surface area (Å²) in [4.78, 5) is 4.23. The number of guanidine groups is 1. The fourth-order valence-corrected chi connectivity index (χ4v) is 2.71. The molecule has 1 aliphatic heterocycles. The quantitative estimate of drug-likeness (QED) is 0.289. The van der Waals surface area contributed by atoms with E-state index in [4.69, 9.17) is 4.74 Å². The molecule has 1 aromatic heterocycles. The number of aryl methyl sites for hydroxylation is 1. The molecule has 0 bridgehead atoms. The Kier molecular flexibility index (Phi) is 7.96. The summed E-state index contributed by atoms with van der Waals surface area (Å²) in [6.45, 7) is 3.12. The molecule has 0 radical (unpaired) electrons. The van der Waals surface area contributed by atoms with Crippen LogP contribution in [-0.4, -0.2) is 40.9 Å². The molecule has 1 aromatic carbocycles.